The Bertz CT molecular complexity index is 1240. The van der Waals surface area contributed by atoms with Crippen molar-refractivity contribution in [1.82, 2.24) is 0 Å². The molecule has 0 saturated carbocycles. The lowest BCUT2D eigenvalue weighted by molar-refractivity contribution is -0.137. The van der Waals surface area contributed by atoms with E-state index in [9.17, 15) is 30.8 Å². The highest BCUT2D eigenvalue weighted by atomic mass is 32.2. The van der Waals surface area contributed by atoms with Crippen molar-refractivity contribution in [2.75, 3.05) is 10.0 Å². The zero-order valence-corrected chi connectivity index (χ0v) is 16.8. The Labute approximate surface area is 175 Å². The Morgan fingerprint density at radius 1 is 0.935 bits per heavy atom. The topological polar surface area (TPSA) is 75.3 Å². The Morgan fingerprint density at radius 2 is 1.65 bits per heavy atom. The predicted molar refractivity (Wildman–Crippen MR) is 108 cm³/mol. The molecule has 0 aromatic heterocycles. The minimum atomic E-state index is -4.61. The van der Waals surface area contributed by atoms with E-state index in [0.29, 0.717) is 11.6 Å². The second-order valence-corrected chi connectivity index (χ2v) is 8.25. The number of amides is 1. The van der Waals surface area contributed by atoms with Gasteiger partial charge in [0.15, 0.2) is 0 Å². The smallest absolute Gasteiger partial charge is 0.322 e. The zero-order valence-electron chi connectivity index (χ0n) is 16.0. The third-order valence-electron chi connectivity index (χ3n) is 4.31. The SMILES string of the molecule is Cc1ccc(NC(=O)c2cccc(C(F)(F)F)c2)cc1S(=O)(=O)Nc1ccccc1F. The minimum absolute atomic E-state index is 0.0434. The first-order valence-corrected chi connectivity index (χ1v) is 10.3. The molecule has 0 unspecified atom stereocenters. The monoisotopic (exact) mass is 452 g/mol. The number of alkyl halides is 3. The van der Waals surface area contributed by atoms with Crippen LogP contribution in [0, 0.1) is 12.7 Å². The molecule has 162 valence electrons. The number of rotatable bonds is 5. The number of nitrogens with one attached hydrogen (secondary N) is 2. The maximum absolute atomic E-state index is 13.8. The molecule has 0 atom stereocenters. The Kier molecular flexibility index (Phi) is 6.03. The molecule has 0 saturated heterocycles. The van der Waals surface area contributed by atoms with Crippen LogP contribution in [0.1, 0.15) is 21.5 Å². The fourth-order valence-corrected chi connectivity index (χ4v) is 4.09. The van der Waals surface area contributed by atoms with Crippen molar-refractivity contribution in [1.29, 1.82) is 0 Å². The number of hydrogen-bond acceptors (Lipinski definition) is 3. The molecule has 0 heterocycles. The van der Waals surface area contributed by atoms with Gasteiger partial charge in [0.05, 0.1) is 16.1 Å². The molecule has 10 heteroatoms. The molecule has 0 aliphatic heterocycles. The summed E-state index contributed by atoms with van der Waals surface area (Å²) in [4.78, 5) is 12.2. The van der Waals surface area contributed by atoms with Crippen molar-refractivity contribution in [3.8, 4) is 0 Å². The van der Waals surface area contributed by atoms with Gasteiger partial charge in [-0.15, -0.1) is 0 Å². The molecule has 3 aromatic rings. The minimum Gasteiger partial charge on any atom is -0.322 e. The molecule has 0 aliphatic rings. The summed E-state index contributed by atoms with van der Waals surface area (Å²) in [6.45, 7) is 1.51. The van der Waals surface area contributed by atoms with Gasteiger partial charge in [-0.2, -0.15) is 13.2 Å². The van der Waals surface area contributed by atoms with Crippen molar-refractivity contribution in [3.05, 3.63) is 89.2 Å². The lowest BCUT2D eigenvalue weighted by Crippen LogP contribution is -2.17. The molecular weight excluding hydrogens is 436 g/mol. The molecule has 3 aromatic carbocycles. The standard InChI is InChI=1S/C21H16F4N2O3S/c1-13-9-10-16(26-20(28)14-5-4-6-15(11-14)21(23,24)25)12-19(13)31(29,30)27-18-8-3-2-7-17(18)22/h2-12,27H,1H3,(H,26,28). The van der Waals surface area contributed by atoms with Gasteiger partial charge in [0.1, 0.15) is 5.82 Å². The summed E-state index contributed by atoms with van der Waals surface area (Å²) in [6.07, 6.45) is -4.61. The number of aryl methyl sites for hydroxylation is 1. The summed E-state index contributed by atoms with van der Waals surface area (Å²) in [5, 5.41) is 2.38. The van der Waals surface area contributed by atoms with Crippen LogP contribution in [0.2, 0.25) is 0 Å². The molecule has 31 heavy (non-hydrogen) atoms. The highest BCUT2D eigenvalue weighted by Gasteiger charge is 2.31. The third-order valence-corrected chi connectivity index (χ3v) is 5.81. The summed E-state index contributed by atoms with van der Waals surface area (Å²) in [7, 11) is -4.21. The number of hydrogen-bond donors (Lipinski definition) is 2. The van der Waals surface area contributed by atoms with Crippen LogP contribution in [0.25, 0.3) is 0 Å². The van der Waals surface area contributed by atoms with E-state index in [1.54, 1.807) is 0 Å². The van der Waals surface area contributed by atoms with E-state index in [1.165, 1.54) is 43.3 Å². The number of carbonyl (C=O) groups excluding carboxylic acids is 1. The first-order chi connectivity index (χ1) is 14.5. The van der Waals surface area contributed by atoms with E-state index in [4.69, 9.17) is 0 Å². The molecule has 3 rings (SSSR count). The van der Waals surface area contributed by atoms with Crippen LogP contribution in [0.5, 0.6) is 0 Å². The molecule has 0 spiro atoms. The van der Waals surface area contributed by atoms with Crippen LogP contribution in [0.4, 0.5) is 28.9 Å². The van der Waals surface area contributed by atoms with E-state index in [-0.39, 0.29) is 21.8 Å². The molecule has 0 aliphatic carbocycles. The molecular formula is C21H16F4N2O3S. The van der Waals surface area contributed by atoms with Crippen molar-refractivity contribution in [3.63, 3.8) is 0 Å². The van der Waals surface area contributed by atoms with E-state index < -0.39 is 33.5 Å². The van der Waals surface area contributed by atoms with Crippen molar-refractivity contribution in [2.24, 2.45) is 0 Å². The summed E-state index contributed by atoms with van der Waals surface area (Å²) < 4.78 is 80.0. The van der Waals surface area contributed by atoms with Gasteiger partial charge in [-0.3, -0.25) is 9.52 Å². The fourth-order valence-electron chi connectivity index (χ4n) is 2.75. The first-order valence-electron chi connectivity index (χ1n) is 8.84. The van der Waals surface area contributed by atoms with E-state index in [2.05, 4.69) is 10.0 Å². The van der Waals surface area contributed by atoms with Gasteiger partial charge in [-0.1, -0.05) is 24.3 Å². The average molecular weight is 452 g/mol. The second kappa shape index (κ2) is 8.38. The number of anilines is 2. The lowest BCUT2D eigenvalue weighted by atomic mass is 10.1. The van der Waals surface area contributed by atoms with Crippen LogP contribution in [0.15, 0.2) is 71.6 Å². The molecule has 2 N–H and O–H groups in total. The molecule has 5 nitrogen and oxygen atoms in total. The van der Waals surface area contributed by atoms with Gasteiger partial charge >= 0.3 is 6.18 Å². The van der Waals surface area contributed by atoms with Crippen molar-refractivity contribution in [2.45, 2.75) is 18.0 Å². The summed E-state index contributed by atoms with van der Waals surface area (Å²) >= 11 is 0. The van der Waals surface area contributed by atoms with Gasteiger partial charge in [-0.05, 0) is 55.0 Å². The Morgan fingerprint density at radius 3 is 2.32 bits per heavy atom. The predicted octanol–water partition coefficient (Wildman–Crippen LogP) is 5.21. The van der Waals surface area contributed by atoms with E-state index in [0.717, 1.165) is 24.3 Å². The number of carbonyl (C=O) groups is 1. The second-order valence-electron chi connectivity index (χ2n) is 6.60. The molecule has 1 amide bonds. The maximum atomic E-state index is 13.8. The van der Waals surface area contributed by atoms with E-state index >= 15 is 0 Å². The number of para-hydroxylation sites is 1. The highest BCUT2D eigenvalue weighted by Crippen LogP contribution is 2.30. The number of sulfonamides is 1. The van der Waals surface area contributed by atoms with Crippen LogP contribution in [0.3, 0.4) is 0 Å². The Balaban J connectivity index is 1.88. The van der Waals surface area contributed by atoms with Crippen molar-refractivity contribution >= 4 is 27.3 Å². The van der Waals surface area contributed by atoms with Crippen LogP contribution >= 0.6 is 0 Å². The maximum Gasteiger partial charge on any atom is 0.416 e. The summed E-state index contributed by atoms with van der Waals surface area (Å²) in [6, 6.07) is 13.0. The van der Waals surface area contributed by atoms with Gasteiger partial charge in [-0.25, -0.2) is 12.8 Å². The van der Waals surface area contributed by atoms with E-state index in [1.807, 2.05) is 0 Å². The number of halogens is 4. The zero-order chi connectivity index (χ0) is 22.8. The Hall–Kier alpha value is -3.40. The largest absolute Gasteiger partial charge is 0.416 e. The van der Waals surface area contributed by atoms with Crippen molar-refractivity contribution < 1.29 is 30.8 Å². The van der Waals surface area contributed by atoms with Crippen LogP contribution in [-0.4, -0.2) is 14.3 Å². The normalized spacial score (nSPS) is 11.8. The molecule has 0 bridgehead atoms. The summed E-state index contributed by atoms with van der Waals surface area (Å²) in [5.74, 6) is -1.61. The van der Waals surface area contributed by atoms with Gasteiger partial charge in [0.25, 0.3) is 15.9 Å². The quantitative estimate of drug-likeness (QED) is 0.522. The first kappa shape index (κ1) is 22.3. The van der Waals surface area contributed by atoms with Crippen LogP contribution in [-0.2, 0) is 16.2 Å². The van der Waals surface area contributed by atoms with Crippen LogP contribution < -0.4 is 10.0 Å². The molecule has 0 radical (unpaired) electrons. The van der Waals surface area contributed by atoms with Gasteiger partial charge in [0.2, 0.25) is 0 Å². The average Bonchev–Trinajstić information content (AvgIpc) is 2.70. The van der Waals surface area contributed by atoms with Gasteiger partial charge in [0, 0.05) is 11.3 Å². The highest BCUT2D eigenvalue weighted by molar-refractivity contribution is 7.92. The van der Waals surface area contributed by atoms with Gasteiger partial charge < -0.3 is 5.32 Å². The summed E-state index contributed by atoms with van der Waals surface area (Å²) in [5.41, 5.74) is -1.12. The third kappa shape index (κ3) is 5.21. The lowest BCUT2D eigenvalue weighted by Gasteiger charge is -2.13. The molecule has 0 fully saturated rings. The fraction of sp³-hybridized carbons (Fsp3) is 0.0952. The number of benzene rings is 3.